The first kappa shape index (κ1) is 22.3. The molecule has 2 amide bonds. The molecule has 0 bridgehead atoms. The molecule has 2 heterocycles. The van der Waals surface area contributed by atoms with E-state index in [2.05, 4.69) is 4.90 Å². The third-order valence-corrected chi connectivity index (χ3v) is 6.57. The predicted octanol–water partition coefficient (Wildman–Crippen LogP) is 4.54. The lowest BCUT2D eigenvalue weighted by Gasteiger charge is -2.36. The average Bonchev–Trinajstić information content (AvgIpc) is 2.86. The van der Waals surface area contributed by atoms with Gasteiger partial charge in [-0.25, -0.2) is 0 Å². The average molecular weight is 476 g/mol. The molecule has 0 aliphatic carbocycles. The van der Waals surface area contributed by atoms with E-state index in [1.54, 1.807) is 4.90 Å². The first-order valence-electron chi connectivity index (χ1n) is 11.4. The van der Waals surface area contributed by atoms with Crippen molar-refractivity contribution in [3.05, 3.63) is 88.4 Å². The lowest BCUT2D eigenvalue weighted by atomic mass is 10.1. The Morgan fingerprint density at radius 3 is 2.47 bits per heavy atom. The van der Waals surface area contributed by atoms with Crippen LogP contribution >= 0.6 is 11.6 Å². The Morgan fingerprint density at radius 2 is 1.74 bits per heavy atom. The normalized spacial score (nSPS) is 15.7. The topological polar surface area (TPSA) is 53.1 Å². The molecular formula is C27H26ClN3O3. The second-order valence-corrected chi connectivity index (χ2v) is 9.13. The number of benzene rings is 3. The number of rotatable bonds is 4. The minimum atomic E-state index is -0.0733. The summed E-state index contributed by atoms with van der Waals surface area (Å²) in [5.74, 6) is 0.672. The molecule has 0 aromatic heterocycles. The van der Waals surface area contributed by atoms with Crippen LogP contribution in [0.2, 0.25) is 5.02 Å². The maximum atomic E-state index is 13.1. The zero-order valence-electron chi connectivity index (χ0n) is 19.0. The molecule has 3 aromatic rings. The number of amides is 2. The fourth-order valence-electron chi connectivity index (χ4n) is 4.44. The van der Waals surface area contributed by atoms with Gasteiger partial charge >= 0.3 is 0 Å². The number of hydrogen-bond donors (Lipinski definition) is 0. The van der Waals surface area contributed by atoms with E-state index in [9.17, 15) is 9.59 Å². The molecule has 0 saturated carbocycles. The molecule has 2 aliphatic heterocycles. The van der Waals surface area contributed by atoms with Gasteiger partial charge in [0.05, 0.1) is 12.2 Å². The standard InChI is InChI=1S/C27H26ClN3O3/c1-19-5-10-25-24(15-19)31(26(32)18-34-25)17-20-6-8-21(9-7-20)27(33)30-13-11-29(12-14-30)23-4-2-3-22(28)16-23/h2-10,15-16H,11-14,17-18H2,1H3. The van der Waals surface area contributed by atoms with E-state index in [1.165, 1.54) is 0 Å². The van der Waals surface area contributed by atoms with Crippen molar-refractivity contribution in [1.29, 1.82) is 0 Å². The summed E-state index contributed by atoms with van der Waals surface area (Å²) in [5.41, 5.74) is 4.56. The van der Waals surface area contributed by atoms with Gasteiger partial charge in [0.1, 0.15) is 5.75 Å². The highest BCUT2D eigenvalue weighted by atomic mass is 35.5. The molecule has 5 rings (SSSR count). The van der Waals surface area contributed by atoms with E-state index in [-0.39, 0.29) is 18.4 Å². The van der Waals surface area contributed by atoms with Crippen LogP contribution in [-0.4, -0.2) is 49.5 Å². The number of aryl methyl sites for hydroxylation is 1. The van der Waals surface area contributed by atoms with Gasteiger partial charge in [0.15, 0.2) is 6.61 Å². The quantitative estimate of drug-likeness (QED) is 0.556. The first-order chi connectivity index (χ1) is 16.5. The summed E-state index contributed by atoms with van der Waals surface area (Å²) in [6.07, 6.45) is 0. The molecule has 0 spiro atoms. The van der Waals surface area contributed by atoms with Crippen molar-refractivity contribution in [2.45, 2.75) is 13.5 Å². The summed E-state index contributed by atoms with van der Waals surface area (Å²) >= 11 is 6.12. The minimum absolute atomic E-state index is 0.0284. The van der Waals surface area contributed by atoms with E-state index in [0.717, 1.165) is 35.6 Å². The van der Waals surface area contributed by atoms with E-state index < -0.39 is 0 Å². The number of anilines is 2. The van der Waals surface area contributed by atoms with Gasteiger partial charge in [-0.2, -0.15) is 0 Å². The number of nitrogens with zero attached hydrogens (tertiary/aromatic N) is 3. The fraction of sp³-hybridized carbons (Fsp3) is 0.259. The molecule has 174 valence electrons. The van der Waals surface area contributed by atoms with Gasteiger partial charge in [-0.1, -0.05) is 35.9 Å². The van der Waals surface area contributed by atoms with Gasteiger partial charge in [0.2, 0.25) is 0 Å². The van der Waals surface area contributed by atoms with Gasteiger partial charge in [-0.15, -0.1) is 0 Å². The first-order valence-corrected chi connectivity index (χ1v) is 11.8. The molecule has 1 saturated heterocycles. The molecule has 0 atom stereocenters. The molecule has 2 aliphatic rings. The van der Waals surface area contributed by atoms with Gasteiger partial charge in [-0.05, 0) is 60.5 Å². The summed E-state index contributed by atoms with van der Waals surface area (Å²) in [6.45, 7) is 5.31. The van der Waals surface area contributed by atoms with Crippen LogP contribution in [0.1, 0.15) is 21.5 Å². The Labute approximate surface area is 204 Å². The molecule has 0 N–H and O–H groups in total. The van der Waals surface area contributed by atoms with Crippen molar-refractivity contribution < 1.29 is 14.3 Å². The van der Waals surface area contributed by atoms with Crippen LogP contribution in [0.4, 0.5) is 11.4 Å². The molecular weight excluding hydrogens is 450 g/mol. The second-order valence-electron chi connectivity index (χ2n) is 8.70. The lowest BCUT2D eigenvalue weighted by Crippen LogP contribution is -2.48. The zero-order chi connectivity index (χ0) is 23.7. The van der Waals surface area contributed by atoms with Gasteiger partial charge in [0.25, 0.3) is 11.8 Å². The van der Waals surface area contributed by atoms with Crippen molar-refractivity contribution >= 4 is 34.8 Å². The van der Waals surface area contributed by atoms with E-state index in [0.29, 0.717) is 36.0 Å². The Kier molecular flexibility index (Phi) is 6.16. The van der Waals surface area contributed by atoms with Crippen LogP contribution in [0.25, 0.3) is 0 Å². The Hall–Kier alpha value is -3.51. The van der Waals surface area contributed by atoms with E-state index in [4.69, 9.17) is 16.3 Å². The van der Waals surface area contributed by atoms with E-state index >= 15 is 0 Å². The third kappa shape index (κ3) is 4.59. The van der Waals surface area contributed by atoms with Crippen LogP contribution in [-0.2, 0) is 11.3 Å². The van der Waals surface area contributed by atoms with Crippen molar-refractivity contribution in [2.24, 2.45) is 0 Å². The van der Waals surface area contributed by atoms with Gasteiger partial charge in [-0.3, -0.25) is 9.59 Å². The highest BCUT2D eigenvalue weighted by Gasteiger charge is 2.26. The molecule has 3 aromatic carbocycles. The number of hydrogen-bond acceptors (Lipinski definition) is 4. The predicted molar refractivity (Wildman–Crippen MR) is 134 cm³/mol. The van der Waals surface area contributed by atoms with Crippen molar-refractivity contribution in [3.8, 4) is 5.75 Å². The number of piperazine rings is 1. The van der Waals surface area contributed by atoms with Gasteiger partial charge in [0, 0.05) is 42.5 Å². The Morgan fingerprint density at radius 1 is 0.971 bits per heavy atom. The van der Waals surface area contributed by atoms with Gasteiger partial charge < -0.3 is 19.4 Å². The highest BCUT2D eigenvalue weighted by Crippen LogP contribution is 2.34. The van der Waals surface area contributed by atoms with Crippen LogP contribution in [0.3, 0.4) is 0 Å². The van der Waals surface area contributed by atoms with Crippen molar-refractivity contribution in [3.63, 3.8) is 0 Å². The summed E-state index contributed by atoms with van der Waals surface area (Å²) in [4.78, 5) is 31.5. The second kappa shape index (κ2) is 9.39. The SMILES string of the molecule is Cc1ccc2c(c1)N(Cc1ccc(C(=O)N3CCN(c4cccc(Cl)c4)CC3)cc1)C(=O)CO2. The Bertz CT molecular complexity index is 1220. The summed E-state index contributed by atoms with van der Waals surface area (Å²) in [6, 6.07) is 21.2. The van der Waals surface area contributed by atoms with Crippen LogP contribution in [0.15, 0.2) is 66.7 Å². The number of ether oxygens (including phenoxy) is 1. The molecule has 6 nitrogen and oxygen atoms in total. The summed E-state index contributed by atoms with van der Waals surface area (Å²) in [7, 11) is 0. The van der Waals surface area contributed by atoms with Crippen molar-refractivity contribution in [1.82, 2.24) is 4.90 Å². The summed E-state index contributed by atoms with van der Waals surface area (Å²) in [5, 5.41) is 0.716. The molecule has 7 heteroatoms. The van der Waals surface area contributed by atoms with Crippen molar-refractivity contribution in [2.75, 3.05) is 42.6 Å². The maximum Gasteiger partial charge on any atom is 0.265 e. The van der Waals surface area contributed by atoms with E-state index in [1.807, 2.05) is 78.6 Å². The Balaban J connectivity index is 1.23. The van der Waals surface area contributed by atoms with Crippen LogP contribution < -0.4 is 14.5 Å². The third-order valence-electron chi connectivity index (χ3n) is 6.34. The largest absolute Gasteiger partial charge is 0.482 e. The van der Waals surface area contributed by atoms with Crippen LogP contribution in [0, 0.1) is 6.92 Å². The zero-order valence-corrected chi connectivity index (χ0v) is 19.8. The monoisotopic (exact) mass is 475 g/mol. The minimum Gasteiger partial charge on any atom is -0.482 e. The maximum absolute atomic E-state index is 13.1. The lowest BCUT2D eigenvalue weighted by molar-refractivity contribution is -0.121. The smallest absolute Gasteiger partial charge is 0.265 e. The number of fused-ring (bicyclic) bond motifs is 1. The highest BCUT2D eigenvalue weighted by molar-refractivity contribution is 6.30. The number of carbonyl (C=O) groups excluding carboxylic acids is 2. The number of carbonyl (C=O) groups is 2. The molecule has 0 radical (unpaired) electrons. The molecule has 1 fully saturated rings. The fourth-order valence-corrected chi connectivity index (χ4v) is 4.63. The summed E-state index contributed by atoms with van der Waals surface area (Å²) < 4.78 is 5.57. The number of halogens is 1. The molecule has 0 unspecified atom stereocenters. The van der Waals surface area contributed by atoms with Crippen LogP contribution in [0.5, 0.6) is 5.75 Å². The molecule has 34 heavy (non-hydrogen) atoms.